The van der Waals surface area contributed by atoms with E-state index in [4.69, 9.17) is 0 Å². The first-order valence-corrected chi connectivity index (χ1v) is 10.4. The van der Waals surface area contributed by atoms with Crippen molar-refractivity contribution in [2.75, 3.05) is 0 Å². The van der Waals surface area contributed by atoms with E-state index in [1.165, 1.54) is 75.3 Å². The van der Waals surface area contributed by atoms with Crippen molar-refractivity contribution in [2.24, 2.45) is 5.41 Å². The highest BCUT2D eigenvalue weighted by Crippen LogP contribution is 2.59. The van der Waals surface area contributed by atoms with Crippen molar-refractivity contribution in [3.8, 4) is 11.1 Å². The molecular formula is C25H32. The quantitative estimate of drug-likeness (QED) is 0.480. The molecule has 3 aliphatic rings. The fourth-order valence-electron chi connectivity index (χ4n) is 5.47. The molecule has 25 heavy (non-hydrogen) atoms. The Balaban J connectivity index is 1.47. The number of benzene rings is 2. The van der Waals surface area contributed by atoms with Gasteiger partial charge in [0, 0.05) is 0 Å². The third-order valence-electron chi connectivity index (χ3n) is 7.32. The average Bonchev–Trinajstić information content (AvgIpc) is 2.70. The van der Waals surface area contributed by atoms with Crippen molar-refractivity contribution in [3.63, 3.8) is 0 Å². The smallest absolute Gasteiger partial charge is 0.00463 e. The maximum absolute atomic E-state index is 2.43. The number of hydrogen-bond donors (Lipinski definition) is 0. The predicted octanol–water partition coefficient (Wildman–Crippen LogP) is 7.53. The Hall–Kier alpha value is -1.56. The lowest BCUT2D eigenvalue weighted by Crippen LogP contribution is -2.44. The van der Waals surface area contributed by atoms with Crippen LogP contribution >= 0.6 is 0 Å². The minimum absolute atomic E-state index is 0.488. The summed E-state index contributed by atoms with van der Waals surface area (Å²) in [5.41, 5.74) is 5.48. The molecule has 0 aromatic heterocycles. The van der Waals surface area contributed by atoms with E-state index in [1.807, 2.05) is 0 Å². The van der Waals surface area contributed by atoms with Gasteiger partial charge in [0.1, 0.15) is 0 Å². The van der Waals surface area contributed by atoms with Gasteiger partial charge < -0.3 is 0 Å². The molecule has 2 bridgehead atoms. The number of hydrogen-bond acceptors (Lipinski definition) is 0. The van der Waals surface area contributed by atoms with E-state index in [-0.39, 0.29) is 0 Å². The Morgan fingerprint density at radius 3 is 1.88 bits per heavy atom. The molecule has 0 atom stereocenters. The summed E-state index contributed by atoms with van der Waals surface area (Å²) in [6.07, 6.45) is 14.4. The van der Waals surface area contributed by atoms with E-state index < -0.39 is 0 Å². The van der Waals surface area contributed by atoms with Crippen LogP contribution in [0.1, 0.15) is 76.7 Å². The van der Waals surface area contributed by atoms with Gasteiger partial charge in [-0.2, -0.15) is 0 Å². The lowest BCUT2D eigenvalue weighted by atomic mass is 9.51. The van der Waals surface area contributed by atoms with Gasteiger partial charge in [-0.3, -0.25) is 0 Å². The first-order valence-electron chi connectivity index (χ1n) is 10.4. The van der Waals surface area contributed by atoms with Crippen LogP contribution in [-0.4, -0.2) is 0 Å². The first-order chi connectivity index (χ1) is 12.3. The van der Waals surface area contributed by atoms with Crippen molar-refractivity contribution < 1.29 is 0 Å². The van der Waals surface area contributed by atoms with Gasteiger partial charge >= 0.3 is 0 Å². The van der Waals surface area contributed by atoms with Gasteiger partial charge in [0.15, 0.2) is 0 Å². The molecule has 3 saturated carbocycles. The molecule has 0 nitrogen and oxygen atoms in total. The molecule has 2 aromatic rings. The van der Waals surface area contributed by atoms with Crippen LogP contribution in [0.3, 0.4) is 0 Å². The molecule has 0 heterocycles. The van der Waals surface area contributed by atoms with Crippen molar-refractivity contribution >= 4 is 0 Å². The highest BCUT2D eigenvalue weighted by molar-refractivity contribution is 5.63. The number of fused-ring (bicyclic) bond motifs is 3. The highest BCUT2D eigenvalue weighted by Gasteiger charge is 2.48. The van der Waals surface area contributed by atoms with Crippen LogP contribution < -0.4 is 0 Å². The minimum Gasteiger partial charge on any atom is -0.0654 e. The maximum atomic E-state index is 2.43. The van der Waals surface area contributed by atoms with E-state index in [0.717, 1.165) is 0 Å². The van der Waals surface area contributed by atoms with Crippen molar-refractivity contribution in [1.29, 1.82) is 0 Å². The van der Waals surface area contributed by atoms with E-state index in [1.54, 1.807) is 5.56 Å². The molecule has 0 unspecified atom stereocenters. The summed E-state index contributed by atoms with van der Waals surface area (Å²) in [6, 6.07) is 20.3. The third-order valence-corrected chi connectivity index (χ3v) is 7.32. The Labute approximate surface area is 153 Å². The van der Waals surface area contributed by atoms with Crippen molar-refractivity contribution in [3.05, 3.63) is 60.2 Å². The molecule has 0 N–H and O–H groups in total. The molecule has 0 aliphatic heterocycles. The van der Waals surface area contributed by atoms with Crippen molar-refractivity contribution in [1.82, 2.24) is 0 Å². The summed E-state index contributed by atoms with van der Waals surface area (Å²) in [7, 11) is 0. The van der Waals surface area contributed by atoms with Gasteiger partial charge in [0.2, 0.25) is 0 Å². The Bertz CT molecular complexity index is 655. The van der Waals surface area contributed by atoms with Crippen molar-refractivity contribution in [2.45, 2.75) is 76.5 Å². The van der Waals surface area contributed by atoms with E-state index in [0.29, 0.717) is 10.8 Å². The van der Waals surface area contributed by atoms with Crippen LogP contribution in [0.15, 0.2) is 54.6 Å². The molecule has 0 spiro atoms. The summed E-state index contributed by atoms with van der Waals surface area (Å²) >= 11 is 0. The lowest BCUT2D eigenvalue weighted by Gasteiger charge is -2.54. The summed E-state index contributed by atoms with van der Waals surface area (Å²) in [4.78, 5) is 0. The summed E-state index contributed by atoms with van der Waals surface area (Å²) in [6.45, 7) is 2.32. The van der Waals surface area contributed by atoms with Crippen LogP contribution in [-0.2, 0) is 5.41 Å². The molecule has 0 heteroatoms. The van der Waals surface area contributed by atoms with E-state index in [9.17, 15) is 0 Å². The molecule has 0 saturated heterocycles. The number of rotatable bonds is 6. The normalized spacial score (nSPS) is 28.2. The lowest BCUT2D eigenvalue weighted by molar-refractivity contribution is 0.0305. The van der Waals surface area contributed by atoms with Gasteiger partial charge in [0.25, 0.3) is 0 Å². The van der Waals surface area contributed by atoms with Gasteiger partial charge in [-0.15, -0.1) is 0 Å². The second-order valence-electron chi connectivity index (χ2n) is 8.68. The summed E-state index contributed by atoms with van der Waals surface area (Å²) in [5.74, 6) is 0. The molecule has 3 aliphatic carbocycles. The Morgan fingerprint density at radius 2 is 1.28 bits per heavy atom. The van der Waals surface area contributed by atoms with Gasteiger partial charge in [-0.1, -0.05) is 80.8 Å². The second kappa shape index (κ2) is 6.98. The molecule has 132 valence electrons. The van der Waals surface area contributed by atoms with Gasteiger partial charge in [0.05, 0.1) is 0 Å². The third kappa shape index (κ3) is 3.28. The SMILES string of the molecule is CCCCCC12CCC(c3ccc(-c4ccccc4)cc3)(CC1)CC2. The molecule has 0 radical (unpaired) electrons. The zero-order valence-electron chi connectivity index (χ0n) is 15.8. The second-order valence-corrected chi connectivity index (χ2v) is 8.68. The highest BCUT2D eigenvalue weighted by atomic mass is 14.5. The number of unbranched alkanes of at least 4 members (excludes halogenated alkanes) is 2. The van der Waals surface area contributed by atoms with Gasteiger partial charge in [-0.05, 0) is 72.5 Å². The zero-order chi connectivity index (χ0) is 17.2. The molecule has 2 aromatic carbocycles. The van der Waals surface area contributed by atoms with E-state index in [2.05, 4.69) is 61.5 Å². The van der Waals surface area contributed by atoms with Crippen LogP contribution in [0, 0.1) is 5.41 Å². The van der Waals surface area contributed by atoms with Crippen LogP contribution in [0.25, 0.3) is 11.1 Å². The fourth-order valence-corrected chi connectivity index (χ4v) is 5.47. The Morgan fingerprint density at radius 1 is 0.680 bits per heavy atom. The topological polar surface area (TPSA) is 0 Å². The summed E-state index contributed by atoms with van der Waals surface area (Å²) in [5, 5.41) is 0. The van der Waals surface area contributed by atoms with Crippen LogP contribution in [0.2, 0.25) is 0 Å². The minimum atomic E-state index is 0.488. The van der Waals surface area contributed by atoms with E-state index >= 15 is 0 Å². The average molecular weight is 333 g/mol. The standard InChI is InChI=1S/C25H32/c1-2-3-7-14-24-15-18-25(19-16-24,20-17-24)23-12-10-22(11-13-23)21-8-5-4-6-9-21/h4-6,8-13H,2-3,7,14-20H2,1H3. The van der Waals surface area contributed by atoms with Crippen LogP contribution in [0.5, 0.6) is 0 Å². The zero-order valence-corrected chi connectivity index (χ0v) is 15.8. The molecule has 0 amide bonds. The van der Waals surface area contributed by atoms with Gasteiger partial charge in [-0.25, -0.2) is 0 Å². The fraction of sp³-hybridized carbons (Fsp3) is 0.520. The first kappa shape index (κ1) is 16.9. The van der Waals surface area contributed by atoms with Crippen LogP contribution in [0.4, 0.5) is 0 Å². The maximum Gasteiger partial charge on any atom is -0.00463 e. The summed E-state index contributed by atoms with van der Waals surface area (Å²) < 4.78 is 0. The Kier molecular flexibility index (Phi) is 4.71. The molecular weight excluding hydrogens is 300 g/mol. The largest absolute Gasteiger partial charge is 0.0654 e. The molecule has 3 fully saturated rings. The molecule has 5 rings (SSSR count). The predicted molar refractivity (Wildman–Crippen MR) is 108 cm³/mol. The monoisotopic (exact) mass is 332 g/mol.